The van der Waals surface area contributed by atoms with E-state index in [1.165, 1.54) is 28.6 Å². The van der Waals surface area contributed by atoms with Crippen LogP contribution in [0, 0.1) is 6.92 Å². The van der Waals surface area contributed by atoms with Crippen LogP contribution < -0.4 is 9.73 Å². The van der Waals surface area contributed by atoms with Crippen molar-refractivity contribution in [1.82, 2.24) is 5.43 Å². The van der Waals surface area contributed by atoms with Crippen molar-refractivity contribution in [2.24, 2.45) is 5.10 Å². The van der Waals surface area contributed by atoms with Crippen molar-refractivity contribution in [2.45, 2.75) is 24.7 Å². The molecular weight excluding hydrogens is 458 g/mol. The van der Waals surface area contributed by atoms with Gasteiger partial charge in [-0.2, -0.15) is 5.10 Å². The lowest BCUT2D eigenvalue weighted by Gasteiger charge is -2.25. The molecule has 176 valence electrons. The number of nitrogens with zero attached hydrogens (tertiary/aromatic N) is 2. The SMILES string of the molecule is Cc1ccccc1N(CC(=O)N/N=C\c1ccc2c3c(cccc13)CC2)S(=O)(=O)c1ccccc1. The minimum absolute atomic E-state index is 0.118. The largest absolute Gasteiger partial charge is 0.271 e. The number of nitrogens with one attached hydrogen (secondary N) is 1. The number of carbonyl (C=O) groups excluding carboxylic acids is 1. The van der Waals surface area contributed by atoms with Crippen molar-refractivity contribution in [2.75, 3.05) is 10.8 Å². The molecule has 0 spiro atoms. The Morgan fingerprint density at radius 2 is 1.63 bits per heavy atom. The number of hydrogen-bond acceptors (Lipinski definition) is 4. The number of aryl methyl sites for hydroxylation is 3. The van der Waals surface area contributed by atoms with E-state index in [-0.39, 0.29) is 4.90 Å². The van der Waals surface area contributed by atoms with Gasteiger partial charge in [0.1, 0.15) is 6.54 Å². The molecule has 0 aliphatic heterocycles. The van der Waals surface area contributed by atoms with E-state index < -0.39 is 22.5 Å². The number of benzene rings is 4. The van der Waals surface area contributed by atoms with Crippen molar-refractivity contribution in [1.29, 1.82) is 0 Å². The molecule has 5 rings (SSSR count). The lowest BCUT2D eigenvalue weighted by Crippen LogP contribution is -2.40. The molecule has 1 N–H and O–H groups in total. The predicted octanol–water partition coefficient (Wildman–Crippen LogP) is 4.59. The van der Waals surface area contributed by atoms with Gasteiger partial charge in [-0.25, -0.2) is 13.8 Å². The van der Waals surface area contributed by atoms with Crippen LogP contribution in [-0.4, -0.2) is 27.1 Å². The molecule has 0 atom stereocenters. The Balaban J connectivity index is 1.39. The van der Waals surface area contributed by atoms with Gasteiger partial charge < -0.3 is 0 Å². The van der Waals surface area contributed by atoms with Gasteiger partial charge in [-0.3, -0.25) is 9.10 Å². The topological polar surface area (TPSA) is 78.8 Å². The van der Waals surface area contributed by atoms with Crippen molar-refractivity contribution < 1.29 is 13.2 Å². The Morgan fingerprint density at radius 3 is 2.40 bits per heavy atom. The molecule has 0 unspecified atom stereocenters. The summed E-state index contributed by atoms with van der Waals surface area (Å²) in [6.07, 6.45) is 3.69. The number of hydrogen-bond donors (Lipinski definition) is 1. The second-order valence-corrected chi connectivity index (χ2v) is 10.4. The van der Waals surface area contributed by atoms with E-state index >= 15 is 0 Å². The zero-order valence-electron chi connectivity index (χ0n) is 19.3. The van der Waals surface area contributed by atoms with Crippen LogP contribution in [0.5, 0.6) is 0 Å². The highest BCUT2D eigenvalue weighted by molar-refractivity contribution is 7.92. The Labute approximate surface area is 205 Å². The monoisotopic (exact) mass is 483 g/mol. The van der Waals surface area contributed by atoms with Crippen molar-refractivity contribution in [3.63, 3.8) is 0 Å². The maximum absolute atomic E-state index is 13.4. The first-order chi connectivity index (χ1) is 16.9. The Kier molecular flexibility index (Phi) is 6.09. The summed E-state index contributed by atoms with van der Waals surface area (Å²) in [5, 5.41) is 6.52. The Hall–Kier alpha value is -3.97. The molecular formula is C28H25N3O3S. The van der Waals surface area contributed by atoms with Crippen LogP contribution in [0.1, 0.15) is 22.3 Å². The first-order valence-electron chi connectivity index (χ1n) is 11.4. The minimum Gasteiger partial charge on any atom is -0.271 e. The van der Waals surface area contributed by atoms with E-state index in [1.807, 2.05) is 31.2 Å². The highest BCUT2D eigenvalue weighted by atomic mass is 32.2. The molecule has 7 heteroatoms. The molecule has 0 heterocycles. The first-order valence-corrected chi connectivity index (χ1v) is 12.9. The number of carbonyl (C=O) groups is 1. The average molecular weight is 484 g/mol. The minimum atomic E-state index is -3.96. The number of amides is 1. The number of hydrazone groups is 1. The molecule has 6 nitrogen and oxygen atoms in total. The molecule has 35 heavy (non-hydrogen) atoms. The Bertz CT molecular complexity index is 1540. The summed E-state index contributed by atoms with van der Waals surface area (Å²) in [6.45, 7) is 1.41. The number of rotatable bonds is 7. The quantitative estimate of drug-likeness (QED) is 0.308. The van der Waals surface area contributed by atoms with Gasteiger partial charge >= 0.3 is 0 Å². The molecule has 0 aromatic heterocycles. The molecule has 0 radical (unpaired) electrons. The fourth-order valence-corrected chi connectivity index (χ4v) is 6.09. The van der Waals surface area contributed by atoms with Gasteiger partial charge in [-0.1, -0.05) is 66.7 Å². The van der Waals surface area contributed by atoms with Gasteiger partial charge in [0.25, 0.3) is 15.9 Å². The van der Waals surface area contributed by atoms with E-state index in [1.54, 1.807) is 36.5 Å². The first kappa shape index (κ1) is 22.8. The summed E-state index contributed by atoms with van der Waals surface area (Å²) >= 11 is 0. The number of sulfonamides is 1. The maximum Gasteiger partial charge on any atom is 0.264 e. The summed E-state index contributed by atoms with van der Waals surface area (Å²) in [7, 11) is -3.96. The second-order valence-electron chi connectivity index (χ2n) is 8.56. The van der Waals surface area contributed by atoms with Crippen molar-refractivity contribution >= 4 is 38.6 Å². The van der Waals surface area contributed by atoms with Crippen molar-refractivity contribution in [3.05, 3.63) is 107 Å². The van der Waals surface area contributed by atoms with Crippen LogP contribution in [0.2, 0.25) is 0 Å². The summed E-state index contributed by atoms with van der Waals surface area (Å²) < 4.78 is 28.0. The highest BCUT2D eigenvalue weighted by Gasteiger charge is 2.28. The van der Waals surface area contributed by atoms with Gasteiger partial charge in [0.2, 0.25) is 0 Å². The molecule has 4 aromatic carbocycles. The van der Waals surface area contributed by atoms with Crippen LogP contribution >= 0.6 is 0 Å². The standard InChI is InChI=1S/C28H25N3O3S/c1-20-8-5-6-13-26(20)31(35(33,34)24-10-3-2-4-11-24)19-27(32)30-29-18-23-17-16-22-15-14-21-9-7-12-25(23)28(21)22/h2-13,16-18H,14-15,19H2,1H3,(H,30,32)/b29-18-. The van der Waals surface area contributed by atoms with Gasteiger partial charge in [-0.15, -0.1) is 0 Å². The molecule has 0 saturated heterocycles. The molecule has 0 fully saturated rings. The summed E-state index contributed by atoms with van der Waals surface area (Å²) in [5.74, 6) is -0.532. The fraction of sp³-hybridized carbons (Fsp3) is 0.143. The molecule has 0 bridgehead atoms. The number of anilines is 1. The average Bonchev–Trinajstić information content (AvgIpc) is 3.30. The van der Waals surface area contributed by atoms with Crippen LogP contribution in [0.4, 0.5) is 5.69 Å². The summed E-state index contributed by atoms with van der Waals surface area (Å²) in [6, 6.07) is 25.5. The van der Waals surface area contributed by atoms with Crippen LogP contribution in [-0.2, 0) is 27.7 Å². The highest BCUT2D eigenvalue weighted by Crippen LogP contribution is 2.32. The van der Waals surface area contributed by atoms with Crippen LogP contribution in [0.15, 0.2) is 94.9 Å². The predicted molar refractivity (Wildman–Crippen MR) is 139 cm³/mol. The van der Waals surface area contributed by atoms with E-state index in [0.717, 1.165) is 33.7 Å². The van der Waals surface area contributed by atoms with Crippen LogP contribution in [0.25, 0.3) is 10.8 Å². The Morgan fingerprint density at radius 1 is 0.914 bits per heavy atom. The van der Waals surface area contributed by atoms with E-state index in [9.17, 15) is 13.2 Å². The van der Waals surface area contributed by atoms with Gasteiger partial charge in [0.05, 0.1) is 16.8 Å². The third-order valence-corrected chi connectivity index (χ3v) is 8.08. The van der Waals surface area contributed by atoms with E-state index in [0.29, 0.717) is 5.69 Å². The maximum atomic E-state index is 13.4. The van der Waals surface area contributed by atoms with E-state index in [2.05, 4.69) is 28.7 Å². The lowest BCUT2D eigenvalue weighted by molar-refractivity contribution is -0.119. The number of para-hydroxylation sites is 1. The second kappa shape index (κ2) is 9.35. The zero-order chi connectivity index (χ0) is 24.4. The van der Waals surface area contributed by atoms with Gasteiger partial charge in [0.15, 0.2) is 0 Å². The van der Waals surface area contributed by atoms with Crippen LogP contribution in [0.3, 0.4) is 0 Å². The lowest BCUT2D eigenvalue weighted by atomic mass is 10.0. The molecule has 4 aromatic rings. The molecule has 1 aliphatic rings. The van der Waals surface area contributed by atoms with Gasteiger partial charge in [0, 0.05) is 5.56 Å². The summed E-state index contributed by atoms with van der Waals surface area (Å²) in [5.41, 5.74) is 7.27. The van der Waals surface area contributed by atoms with Crippen molar-refractivity contribution in [3.8, 4) is 0 Å². The molecule has 1 aliphatic carbocycles. The smallest absolute Gasteiger partial charge is 0.264 e. The third-order valence-electron chi connectivity index (χ3n) is 6.31. The molecule has 1 amide bonds. The van der Waals surface area contributed by atoms with Gasteiger partial charge in [-0.05, 0) is 65.4 Å². The summed E-state index contributed by atoms with van der Waals surface area (Å²) in [4.78, 5) is 13.0. The fourth-order valence-electron chi connectivity index (χ4n) is 4.58. The zero-order valence-corrected chi connectivity index (χ0v) is 20.1. The normalized spacial score (nSPS) is 12.8. The molecule has 0 saturated carbocycles. The van der Waals surface area contributed by atoms with E-state index in [4.69, 9.17) is 0 Å². The third kappa shape index (κ3) is 4.42.